The summed E-state index contributed by atoms with van der Waals surface area (Å²) in [6.07, 6.45) is 9.53. The fraction of sp³-hybridized carbons (Fsp3) is 0.533. The van der Waals surface area contributed by atoms with Gasteiger partial charge in [0.15, 0.2) is 0 Å². The molecule has 100 valence electrons. The fourth-order valence-corrected chi connectivity index (χ4v) is 2.00. The van der Waals surface area contributed by atoms with Gasteiger partial charge in [0.25, 0.3) is 0 Å². The largest absolute Gasteiger partial charge is 0.495 e. The van der Waals surface area contributed by atoms with Crippen LogP contribution in [0.4, 0.5) is 0 Å². The molecule has 0 bridgehead atoms. The maximum Gasteiger partial charge on any atom is 0.142 e. The molecule has 0 N–H and O–H groups in total. The zero-order valence-electron chi connectivity index (χ0n) is 12.2. The lowest BCUT2D eigenvalue weighted by molar-refractivity contribution is 0.366. The van der Waals surface area contributed by atoms with Crippen molar-refractivity contribution in [2.24, 2.45) is 7.05 Å². The summed E-state index contributed by atoms with van der Waals surface area (Å²) in [6, 6.07) is 0. The zero-order valence-corrected chi connectivity index (χ0v) is 12.2. The van der Waals surface area contributed by atoms with Gasteiger partial charge in [0, 0.05) is 18.8 Å². The third-order valence-corrected chi connectivity index (χ3v) is 2.75. The van der Waals surface area contributed by atoms with Crippen LogP contribution in [0.25, 0.3) is 11.8 Å². The molecule has 0 spiro atoms. The first-order valence-electron chi connectivity index (χ1n) is 6.57. The van der Waals surface area contributed by atoms with Crippen molar-refractivity contribution < 1.29 is 4.74 Å². The third-order valence-electron chi connectivity index (χ3n) is 2.75. The number of methoxy groups -OCH3 is 1. The van der Waals surface area contributed by atoms with Crippen LogP contribution in [0.5, 0.6) is 0 Å². The summed E-state index contributed by atoms with van der Waals surface area (Å²) in [7, 11) is 3.64. The summed E-state index contributed by atoms with van der Waals surface area (Å²) < 4.78 is 7.26. The van der Waals surface area contributed by atoms with Crippen LogP contribution in [0.3, 0.4) is 0 Å². The Bertz CT molecular complexity index is 441. The second-order valence-electron chi connectivity index (χ2n) is 4.53. The second kappa shape index (κ2) is 7.04. The highest BCUT2D eigenvalue weighted by atomic mass is 16.5. The Morgan fingerprint density at radius 3 is 2.72 bits per heavy atom. The topological polar surface area (TPSA) is 27.1 Å². The van der Waals surface area contributed by atoms with Crippen molar-refractivity contribution in [3.63, 3.8) is 0 Å². The Morgan fingerprint density at radius 2 is 2.17 bits per heavy atom. The van der Waals surface area contributed by atoms with Gasteiger partial charge in [0.05, 0.1) is 7.11 Å². The molecule has 1 rings (SSSR count). The average Bonchev–Trinajstić information content (AvgIpc) is 2.67. The van der Waals surface area contributed by atoms with Crippen LogP contribution >= 0.6 is 0 Å². The van der Waals surface area contributed by atoms with Crippen LogP contribution in [-0.2, 0) is 11.8 Å². The first-order valence-corrected chi connectivity index (χ1v) is 6.57. The van der Waals surface area contributed by atoms with Gasteiger partial charge in [-0.3, -0.25) is 4.68 Å². The molecule has 3 nitrogen and oxygen atoms in total. The highest BCUT2D eigenvalue weighted by Gasteiger charge is 2.11. The van der Waals surface area contributed by atoms with E-state index in [-0.39, 0.29) is 0 Å². The van der Waals surface area contributed by atoms with Gasteiger partial charge in [-0.05, 0) is 25.8 Å². The van der Waals surface area contributed by atoms with E-state index in [2.05, 4.69) is 38.0 Å². The van der Waals surface area contributed by atoms with Gasteiger partial charge in [0.1, 0.15) is 11.5 Å². The SMILES string of the molecule is CC/C=C(\OC)c1nn(C)cc1/C=C(\C)CCC. The summed E-state index contributed by atoms with van der Waals surface area (Å²) in [5.74, 6) is 0.855. The molecule has 1 heterocycles. The van der Waals surface area contributed by atoms with Gasteiger partial charge in [-0.1, -0.05) is 31.9 Å². The van der Waals surface area contributed by atoms with E-state index >= 15 is 0 Å². The highest BCUT2D eigenvalue weighted by molar-refractivity contribution is 5.68. The van der Waals surface area contributed by atoms with E-state index in [9.17, 15) is 0 Å². The summed E-state index contributed by atoms with van der Waals surface area (Å²) in [4.78, 5) is 0. The monoisotopic (exact) mass is 248 g/mol. The summed E-state index contributed by atoms with van der Waals surface area (Å²) in [6.45, 7) is 6.45. The minimum absolute atomic E-state index is 0.855. The number of hydrogen-bond acceptors (Lipinski definition) is 2. The maximum atomic E-state index is 5.43. The van der Waals surface area contributed by atoms with Gasteiger partial charge in [-0.15, -0.1) is 0 Å². The minimum Gasteiger partial charge on any atom is -0.495 e. The molecule has 0 radical (unpaired) electrons. The van der Waals surface area contributed by atoms with Crippen LogP contribution < -0.4 is 0 Å². The Labute approximate surface area is 110 Å². The standard InChI is InChI=1S/C15H24N2O/c1-6-8-12(3)10-13-11-17(4)16-15(13)14(18-5)9-7-2/h9-11H,6-8H2,1-5H3/b12-10+,14-9-. The van der Waals surface area contributed by atoms with Crippen LogP contribution in [0.2, 0.25) is 0 Å². The lowest BCUT2D eigenvalue weighted by Gasteiger charge is -2.04. The Kier molecular flexibility index (Phi) is 5.69. The van der Waals surface area contributed by atoms with Crippen LogP contribution in [0.15, 0.2) is 17.8 Å². The molecule has 0 amide bonds. The van der Waals surface area contributed by atoms with E-state index in [1.165, 1.54) is 12.0 Å². The van der Waals surface area contributed by atoms with Gasteiger partial charge < -0.3 is 4.74 Å². The maximum absolute atomic E-state index is 5.43. The molecular formula is C15H24N2O. The summed E-state index contributed by atoms with van der Waals surface area (Å²) >= 11 is 0. The normalized spacial score (nSPS) is 12.9. The number of allylic oxidation sites excluding steroid dienone is 2. The summed E-state index contributed by atoms with van der Waals surface area (Å²) in [5, 5.41) is 4.49. The predicted molar refractivity (Wildman–Crippen MR) is 77.0 cm³/mol. The first-order chi connectivity index (χ1) is 8.62. The number of aryl methyl sites for hydroxylation is 1. The van der Waals surface area contributed by atoms with Crippen molar-refractivity contribution in [1.82, 2.24) is 9.78 Å². The quantitative estimate of drug-likeness (QED) is 0.711. The highest BCUT2D eigenvalue weighted by Crippen LogP contribution is 2.22. The lowest BCUT2D eigenvalue weighted by atomic mass is 10.1. The van der Waals surface area contributed by atoms with E-state index in [0.29, 0.717) is 0 Å². The van der Waals surface area contributed by atoms with Gasteiger partial charge in [-0.25, -0.2) is 0 Å². The predicted octanol–water partition coefficient (Wildman–Crippen LogP) is 4.02. The van der Waals surface area contributed by atoms with Crippen molar-refractivity contribution in [1.29, 1.82) is 0 Å². The van der Waals surface area contributed by atoms with Crippen molar-refractivity contribution in [2.75, 3.05) is 7.11 Å². The Morgan fingerprint density at radius 1 is 1.44 bits per heavy atom. The number of nitrogens with zero attached hydrogens (tertiary/aromatic N) is 2. The third kappa shape index (κ3) is 3.76. The van der Waals surface area contributed by atoms with Crippen LogP contribution in [0.1, 0.15) is 51.3 Å². The van der Waals surface area contributed by atoms with Crippen LogP contribution in [-0.4, -0.2) is 16.9 Å². The van der Waals surface area contributed by atoms with E-state index < -0.39 is 0 Å². The molecule has 0 aliphatic heterocycles. The van der Waals surface area contributed by atoms with Crippen molar-refractivity contribution in [3.8, 4) is 0 Å². The van der Waals surface area contributed by atoms with Gasteiger partial charge in [-0.2, -0.15) is 5.10 Å². The van der Waals surface area contributed by atoms with E-state index in [1.54, 1.807) is 7.11 Å². The van der Waals surface area contributed by atoms with E-state index in [4.69, 9.17) is 4.74 Å². The number of aromatic nitrogens is 2. The molecule has 3 heteroatoms. The molecular weight excluding hydrogens is 224 g/mol. The molecule has 1 aromatic rings. The summed E-state index contributed by atoms with van der Waals surface area (Å²) in [5.41, 5.74) is 3.43. The smallest absolute Gasteiger partial charge is 0.142 e. The molecule has 1 aromatic heterocycles. The van der Waals surface area contributed by atoms with E-state index in [0.717, 1.165) is 29.9 Å². The average molecular weight is 248 g/mol. The van der Waals surface area contributed by atoms with Crippen molar-refractivity contribution >= 4 is 11.8 Å². The number of hydrogen-bond donors (Lipinski definition) is 0. The molecule has 0 fully saturated rings. The molecule has 18 heavy (non-hydrogen) atoms. The Balaban J connectivity index is 3.13. The fourth-order valence-electron chi connectivity index (χ4n) is 2.00. The zero-order chi connectivity index (χ0) is 13.5. The van der Waals surface area contributed by atoms with Gasteiger partial charge >= 0.3 is 0 Å². The molecule has 0 saturated heterocycles. The molecule has 0 unspecified atom stereocenters. The van der Waals surface area contributed by atoms with Crippen LogP contribution in [0, 0.1) is 0 Å². The van der Waals surface area contributed by atoms with Crippen molar-refractivity contribution in [2.45, 2.75) is 40.0 Å². The Hall–Kier alpha value is -1.51. The second-order valence-corrected chi connectivity index (χ2v) is 4.53. The van der Waals surface area contributed by atoms with Gasteiger partial charge in [0.2, 0.25) is 0 Å². The molecule has 0 atom stereocenters. The minimum atomic E-state index is 0.855. The first kappa shape index (κ1) is 14.6. The number of rotatable bonds is 6. The lowest BCUT2D eigenvalue weighted by Crippen LogP contribution is -1.93. The van der Waals surface area contributed by atoms with Crippen molar-refractivity contribution in [3.05, 3.63) is 29.1 Å². The number of ether oxygens (including phenoxy) is 1. The molecule has 0 aromatic carbocycles. The molecule has 0 saturated carbocycles. The molecule has 0 aliphatic carbocycles. The molecule has 0 aliphatic rings. The van der Waals surface area contributed by atoms with E-state index in [1.807, 2.05) is 17.9 Å².